The third-order valence-corrected chi connectivity index (χ3v) is 5.65. The van der Waals surface area contributed by atoms with E-state index in [0.29, 0.717) is 28.4 Å². The molecule has 14 heteroatoms. The van der Waals surface area contributed by atoms with Crippen molar-refractivity contribution in [3.05, 3.63) is 51.1 Å². The highest BCUT2D eigenvalue weighted by atomic mass is 16.7. The minimum Gasteiger partial charge on any atom is -0.492 e. The summed E-state index contributed by atoms with van der Waals surface area (Å²) in [4.78, 5) is 40.3. The number of nitro groups is 1. The molecule has 14 nitrogen and oxygen atoms in total. The Morgan fingerprint density at radius 2 is 1.87 bits per heavy atom. The molecule has 4 rings (SSSR count). The summed E-state index contributed by atoms with van der Waals surface area (Å²) in [5, 5.41) is 18.7. The van der Waals surface area contributed by atoms with Crippen LogP contribution in [-0.4, -0.2) is 62.4 Å². The Kier molecular flexibility index (Phi) is 7.89. The Labute approximate surface area is 216 Å². The molecule has 200 valence electrons. The second-order valence-corrected chi connectivity index (χ2v) is 7.92. The van der Waals surface area contributed by atoms with Gasteiger partial charge in [0.1, 0.15) is 6.10 Å². The second kappa shape index (κ2) is 11.5. The van der Waals surface area contributed by atoms with E-state index in [-0.39, 0.29) is 49.0 Å². The van der Waals surface area contributed by atoms with Gasteiger partial charge in [0.25, 0.3) is 11.6 Å². The summed E-state index contributed by atoms with van der Waals surface area (Å²) < 4.78 is 27.4. The molecule has 1 atom stereocenters. The summed E-state index contributed by atoms with van der Waals surface area (Å²) in [6.45, 7) is 1.85. The van der Waals surface area contributed by atoms with Gasteiger partial charge in [-0.05, 0) is 19.1 Å². The zero-order valence-electron chi connectivity index (χ0n) is 20.7. The molecule has 2 aromatic rings. The number of methoxy groups -OCH3 is 2. The van der Waals surface area contributed by atoms with Crippen molar-refractivity contribution >= 4 is 29.5 Å². The number of nitrogens with zero attached hydrogens (tertiary/aromatic N) is 3. The lowest BCUT2D eigenvalue weighted by atomic mass is 9.96. The fraction of sp³-hybridized carbons (Fsp3) is 0.333. The third kappa shape index (κ3) is 5.28. The number of nitro benzene ring substituents is 1. The van der Waals surface area contributed by atoms with Gasteiger partial charge in [0.15, 0.2) is 17.2 Å². The fourth-order valence-electron chi connectivity index (χ4n) is 3.95. The summed E-state index contributed by atoms with van der Waals surface area (Å²) in [7, 11) is 2.90. The number of fused-ring (bicyclic) bond motifs is 1. The van der Waals surface area contributed by atoms with Gasteiger partial charge in [-0.25, -0.2) is 10.2 Å². The van der Waals surface area contributed by atoms with E-state index in [0.717, 1.165) is 0 Å². The number of amides is 1. The molecule has 0 aromatic heterocycles. The smallest absolute Gasteiger partial charge is 0.356 e. The van der Waals surface area contributed by atoms with Crippen molar-refractivity contribution < 1.29 is 43.0 Å². The van der Waals surface area contributed by atoms with Gasteiger partial charge in [0.05, 0.1) is 32.0 Å². The van der Waals surface area contributed by atoms with Crippen LogP contribution in [-0.2, 0) is 20.8 Å². The Balaban J connectivity index is 1.62. The van der Waals surface area contributed by atoms with Crippen molar-refractivity contribution in [1.82, 2.24) is 5.43 Å². The first-order valence-electron chi connectivity index (χ1n) is 11.4. The molecule has 0 bridgehead atoms. The average molecular weight is 528 g/mol. The number of oxime groups is 1. The van der Waals surface area contributed by atoms with Crippen LogP contribution in [0.4, 0.5) is 5.69 Å². The van der Waals surface area contributed by atoms with E-state index in [1.54, 1.807) is 6.92 Å². The summed E-state index contributed by atoms with van der Waals surface area (Å²) >= 11 is 0. The van der Waals surface area contributed by atoms with Gasteiger partial charge >= 0.3 is 5.97 Å². The maximum absolute atomic E-state index is 12.5. The summed E-state index contributed by atoms with van der Waals surface area (Å²) in [6.07, 6.45) is 1.23. The number of hydrogen-bond acceptors (Lipinski definition) is 12. The lowest BCUT2D eigenvalue weighted by Gasteiger charge is -2.19. The van der Waals surface area contributed by atoms with Crippen molar-refractivity contribution in [2.45, 2.75) is 25.9 Å². The van der Waals surface area contributed by atoms with Crippen molar-refractivity contribution in [1.29, 1.82) is 0 Å². The van der Waals surface area contributed by atoms with Crippen molar-refractivity contribution in [2.24, 2.45) is 10.3 Å². The number of carbonyl (C=O) groups excluding carboxylic acids is 2. The lowest BCUT2D eigenvalue weighted by Crippen LogP contribution is -2.20. The fourth-order valence-corrected chi connectivity index (χ4v) is 3.95. The first-order chi connectivity index (χ1) is 18.4. The van der Waals surface area contributed by atoms with E-state index in [1.165, 1.54) is 44.7 Å². The highest BCUT2D eigenvalue weighted by Crippen LogP contribution is 2.52. The molecule has 2 aliphatic heterocycles. The molecule has 0 saturated carbocycles. The van der Waals surface area contributed by atoms with Crippen molar-refractivity contribution in [3.8, 4) is 23.0 Å². The molecule has 0 radical (unpaired) electrons. The standard InChI is InChI=1S/C24H24N4O10/c1-4-35-24(30)18-10-15(38-27-18)9-16-17(20(34-3)22-21(19(16)33-2)36-12-37-22)11-25-26-23(29)13-5-7-14(8-6-13)28(31)32/h5-8,11,15H,4,9-10,12H2,1-3H3,(H,26,29)/b25-11-. The lowest BCUT2D eigenvalue weighted by molar-refractivity contribution is -0.384. The van der Waals surface area contributed by atoms with Crippen molar-refractivity contribution in [3.63, 3.8) is 0 Å². The van der Waals surface area contributed by atoms with Crippen LogP contribution in [0.1, 0.15) is 34.8 Å². The predicted octanol–water partition coefficient (Wildman–Crippen LogP) is 2.36. The number of non-ortho nitro benzene ring substituents is 1. The summed E-state index contributed by atoms with van der Waals surface area (Å²) in [5.41, 5.74) is 3.53. The molecule has 38 heavy (non-hydrogen) atoms. The number of nitrogens with one attached hydrogen (secondary N) is 1. The predicted molar refractivity (Wildman–Crippen MR) is 131 cm³/mol. The van der Waals surface area contributed by atoms with E-state index < -0.39 is 22.9 Å². The maximum Gasteiger partial charge on any atom is 0.356 e. The van der Waals surface area contributed by atoms with Crippen LogP contribution < -0.4 is 24.4 Å². The Morgan fingerprint density at radius 1 is 1.18 bits per heavy atom. The largest absolute Gasteiger partial charge is 0.492 e. The quantitative estimate of drug-likeness (QED) is 0.209. The van der Waals surface area contributed by atoms with E-state index >= 15 is 0 Å². The first-order valence-corrected chi connectivity index (χ1v) is 11.4. The number of hydrogen-bond donors (Lipinski definition) is 1. The number of hydrazone groups is 1. The van der Waals surface area contributed by atoms with E-state index in [2.05, 4.69) is 15.7 Å². The van der Waals surface area contributed by atoms with Gasteiger partial charge in [0, 0.05) is 41.7 Å². The summed E-state index contributed by atoms with van der Waals surface area (Å²) in [6, 6.07) is 5.07. The molecule has 1 amide bonds. The van der Waals surface area contributed by atoms with Crippen LogP contribution in [0.15, 0.2) is 34.5 Å². The number of carbonyl (C=O) groups is 2. The Morgan fingerprint density at radius 3 is 2.50 bits per heavy atom. The van der Waals surface area contributed by atoms with Crippen LogP contribution in [0.2, 0.25) is 0 Å². The monoisotopic (exact) mass is 528 g/mol. The zero-order valence-corrected chi connectivity index (χ0v) is 20.7. The van der Waals surface area contributed by atoms with Gasteiger partial charge in [-0.15, -0.1) is 0 Å². The molecule has 1 N–H and O–H groups in total. The highest BCUT2D eigenvalue weighted by Gasteiger charge is 2.34. The van der Waals surface area contributed by atoms with Crippen LogP contribution in [0.25, 0.3) is 0 Å². The van der Waals surface area contributed by atoms with Crippen LogP contribution in [0.5, 0.6) is 23.0 Å². The van der Waals surface area contributed by atoms with Gasteiger partial charge in [-0.1, -0.05) is 5.16 Å². The molecule has 0 saturated heterocycles. The SMILES string of the molecule is CCOC(=O)C1=NOC(Cc2c(/C=N\NC(=O)c3ccc([N+](=O)[O-])cc3)c(OC)c3c(c2OC)OCO3)C1. The third-order valence-electron chi connectivity index (χ3n) is 5.65. The van der Waals surface area contributed by atoms with Gasteiger partial charge in [0.2, 0.25) is 18.3 Å². The topological polar surface area (TPSA) is 169 Å². The number of ether oxygens (including phenoxy) is 5. The zero-order chi connectivity index (χ0) is 27.2. The number of rotatable bonds is 10. The van der Waals surface area contributed by atoms with Crippen LogP contribution in [0.3, 0.4) is 0 Å². The Bertz CT molecular complexity index is 1310. The molecule has 2 heterocycles. The minimum atomic E-state index is -0.587. The molecule has 2 aliphatic rings. The van der Waals surface area contributed by atoms with Crippen LogP contribution in [0, 0.1) is 10.1 Å². The molecular formula is C24H24N4O10. The van der Waals surface area contributed by atoms with Gasteiger partial charge < -0.3 is 28.5 Å². The summed E-state index contributed by atoms with van der Waals surface area (Å²) in [5.74, 6) is 0.112. The second-order valence-electron chi connectivity index (χ2n) is 7.92. The molecule has 1 unspecified atom stereocenters. The maximum atomic E-state index is 12.5. The Hall–Kier alpha value is -4.88. The molecular weight excluding hydrogens is 504 g/mol. The number of benzene rings is 2. The van der Waals surface area contributed by atoms with Crippen LogP contribution >= 0.6 is 0 Å². The average Bonchev–Trinajstić information content (AvgIpc) is 3.59. The molecule has 0 aliphatic carbocycles. The number of esters is 1. The van der Waals surface area contributed by atoms with E-state index in [1.807, 2.05) is 0 Å². The molecule has 2 aromatic carbocycles. The molecule has 0 fully saturated rings. The van der Waals surface area contributed by atoms with Gasteiger partial charge in [-0.2, -0.15) is 5.10 Å². The first kappa shape index (κ1) is 26.2. The van der Waals surface area contributed by atoms with E-state index in [9.17, 15) is 19.7 Å². The normalized spacial score (nSPS) is 15.6. The van der Waals surface area contributed by atoms with Gasteiger partial charge in [-0.3, -0.25) is 14.9 Å². The highest BCUT2D eigenvalue weighted by molar-refractivity contribution is 6.36. The van der Waals surface area contributed by atoms with Crippen molar-refractivity contribution in [2.75, 3.05) is 27.6 Å². The molecule has 0 spiro atoms. The minimum absolute atomic E-state index is 0.0605. The van der Waals surface area contributed by atoms with E-state index in [4.69, 9.17) is 28.5 Å².